The highest BCUT2D eigenvalue weighted by Gasteiger charge is 2.17. The van der Waals surface area contributed by atoms with Crippen molar-refractivity contribution >= 4 is 17.1 Å². The minimum absolute atomic E-state index is 0.297. The zero-order valence-corrected chi connectivity index (χ0v) is 18.6. The molecule has 2 aromatic heterocycles. The third-order valence-electron chi connectivity index (χ3n) is 5.14. The molecule has 0 radical (unpaired) electrons. The number of benzene rings is 2. The van der Waals surface area contributed by atoms with Crippen molar-refractivity contribution in [3.8, 4) is 22.2 Å². The lowest BCUT2D eigenvalue weighted by Crippen LogP contribution is -2.09. The molecule has 0 unspecified atom stereocenters. The summed E-state index contributed by atoms with van der Waals surface area (Å²) in [6.45, 7) is 0.0548. The molecule has 2 heterocycles. The van der Waals surface area contributed by atoms with Crippen molar-refractivity contribution in [2.45, 2.75) is 13.0 Å². The summed E-state index contributed by atoms with van der Waals surface area (Å²) in [7, 11) is 3.23. The smallest absolute Gasteiger partial charge is 0.188 e. The van der Waals surface area contributed by atoms with Crippen LogP contribution in [0.3, 0.4) is 0 Å². The van der Waals surface area contributed by atoms with Gasteiger partial charge in [0.05, 0.1) is 25.6 Å². The second-order valence-corrected chi connectivity index (χ2v) is 8.10. The van der Waals surface area contributed by atoms with E-state index in [9.17, 15) is 4.79 Å². The van der Waals surface area contributed by atoms with Crippen molar-refractivity contribution < 1.29 is 19.4 Å². The summed E-state index contributed by atoms with van der Waals surface area (Å²) in [5.41, 5.74) is 2.52. The Morgan fingerprint density at radius 3 is 2.41 bits per heavy atom. The number of Topliss-reactive ketones (excluding diaryl/α,β-unsaturated/α-hetero) is 1. The van der Waals surface area contributed by atoms with Gasteiger partial charge in [0.15, 0.2) is 23.1 Å². The molecule has 0 fully saturated rings. The highest BCUT2D eigenvalue weighted by Crippen LogP contribution is 2.30. The molecule has 0 aliphatic rings. The van der Waals surface area contributed by atoms with E-state index in [-0.39, 0.29) is 5.78 Å². The fraction of sp³-hybridized carbons (Fsp3) is 0.208. The molecule has 4 rings (SSSR count). The maximum absolute atomic E-state index is 11.7. The molecule has 0 aliphatic heterocycles. The Labute approximate surface area is 189 Å². The van der Waals surface area contributed by atoms with Gasteiger partial charge < -0.3 is 19.1 Å². The molecule has 0 spiro atoms. The Hall–Kier alpha value is -3.49. The lowest BCUT2D eigenvalue weighted by atomic mass is 10.1. The van der Waals surface area contributed by atoms with Crippen LogP contribution in [-0.4, -0.2) is 46.5 Å². The van der Waals surface area contributed by atoms with Crippen molar-refractivity contribution in [1.29, 1.82) is 0 Å². The first-order valence-corrected chi connectivity index (χ1v) is 10.9. The number of carbonyl (C=O) groups is 1. The molecule has 0 bridgehead atoms. The van der Waals surface area contributed by atoms with Gasteiger partial charge in [-0.05, 0) is 34.7 Å². The summed E-state index contributed by atoms with van der Waals surface area (Å²) in [4.78, 5) is 12.7. The van der Waals surface area contributed by atoms with Crippen LogP contribution in [0, 0.1) is 0 Å². The van der Waals surface area contributed by atoms with Crippen molar-refractivity contribution in [2.24, 2.45) is 0 Å². The summed E-state index contributed by atoms with van der Waals surface area (Å²) >= 11 is 1.61. The van der Waals surface area contributed by atoms with Gasteiger partial charge in [0.25, 0.3) is 0 Å². The number of methoxy groups -OCH3 is 2. The van der Waals surface area contributed by atoms with E-state index in [0.29, 0.717) is 30.0 Å². The largest absolute Gasteiger partial charge is 0.493 e. The number of ether oxygens (including phenoxy) is 2. The van der Waals surface area contributed by atoms with Crippen molar-refractivity contribution in [1.82, 2.24) is 14.8 Å². The fourth-order valence-corrected chi connectivity index (χ4v) is 4.18. The van der Waals surface area contributed by atoms with Crippen LogP contribution < -0.4 is 9.47 Å². The van der Waals surface area contributed by atoms with Crippen LogP contribution in [0.5, 0.6) is 11.5 Å². The quantitative estimate of drug-likeness (QED) is 0.391. The predicted molar refractivity (Wildman–Crippen MR) is 123 cm³/mol. The number of hydrogen-bond acceptors (Lipinski definition) is 7. The van der Waals surface area contributed by atoms with Crippen LogP contribution in [0.4, 0.5) is 0 Å². The molecule has 2 aromatic carbocycles. The standard InChI is InChI=1S/C24H23N3O4S/c1-30-20-10-7-17(12-21(20)31-2)13-23-25-26-24(22-4-3-11-32-22)27(23)14-16-5-8-18(9-6-16)19(29)15-28/h3-12,28H,13-15H2,1-2H3. The number of hydrogen-bond donors (Lipinski definition) is 1. The topological polar surface area (TPSA) is 86.5 Å². The Kier molecular flexibility index (Phi) is 6.63. The van der Waals surface area contributed by atoms with Gasteiger partial charge in [0.2, 0.25) is 0 Å². The van der Waals surface area contributed by atoms with E-state index in [4.69, 9.17) is 14.6 Å². The van der Waals surface area contributed by atoms with Crippen LogP contribution in [0.15, 0.2) is 60.0 Å². The Morgan fingerprint density at radius 2 is 1.75 bits per heavy atom. The van der Waals surface area contributed by atoms with E-state index in [1.807, 2.05) is 47.8 Å². The fourth-order valence-electron chi connectivity index (χ4n) is 3.46. The monoisotopic (exact) mass is 449 g/mol. The Morgan fingerprint density at radius 1 is 1.00 bits per heavy atom. The maximum Gasteiger partial charge on any atom is 0.188 e. The van der Waals surface area contributed by atoms with Gasteiger partial charge in [-0.15, -0.1) is 21.5 Å². The molecular formula is C24H23N3O4S. The van der Waals surface area contributed by atoms with Crippen LogP contribution in [-0.2, 0) is 13.0 Å². The number of aromatic nitrogens is 3. The number of thiophene rings is 1. The van der Waals surface area contributed by atoms with E-state index >= 15 is 0 Å². The molecule has 0 saturated carbocycles. The summed E-state index contributed by atoms with van der Waals surface area (Å²) in [5.74, 6) is 2.66. The number of aliphatic hydroxyl groups is 1. The van der Waals surface area contributed by atoms with Gasteiger partial charge in [0.1, 0.15) is 12.4 Å². The zero-order valence-electron chi connectivity index (χ0n) is 17.8. The molecule has 7 nitrogen and oxygen atoms in total. The molecule has 4 aromatic rings. The van der Waals surface area contributed by atoms with Crippen LogP contribution in [0.25, 0.3) is 10.7 Å². The number of carbonyl (C=O) groups excluding carboxylic acids is 1. The highest BCUT2D eigenvalue weighted by molar-refractivity contribution is 7.13. The molecule has 0 aliphatic carbocycles. The summed E-state index contributed by atoms with van der Waals surface area (Å²) in [6.07, 6.45) is 0.569. The molecule has 8 heteroatoms. The lowest BCUT2D eigenvalue weighted by Gasteiger charge is -2.12. The number of nitrogens with zero attached hydrogens (tertiary/aromatic N) is 3. The molecule has 0 saturated heterocycles. The van der Waals surface area contributed by atoms with Gasteiger partial charge in [-0.2, -0.15) is 0 Å². The number of ketones is 1. The van der Waals surface area contributed by atoms with E-state index in [2.05, 4.69) is 14.8 Å². The third-order valence-corrected chi connectivity index (χ3v) is 6.01. The van der Waals surface area contributed by atoms with Gasteiger partial charge in [-0.3, -0.25) is 4.79 Å². The van der Waals surface area contributed by atoms with Crippen LogP contribution >= 0.6 is 11.3 Å². The number of aliphatic hydroxyl groups excluding tert-OH is 1. The highest BCUT2D eigenvalue weighted by atomic mass is 32.1. The van der Waals surface area contributed by atoms with Gasteiger partial charge in [0, 0.05) is 12.0 Å². The minimum Gasteiger partial charge on any atom is -0.493 e. The van der Waals surface area contributed by atoms with Gasteiger partial charge >= 0.3 is 0 Å². The van der Waals surface area contributed by atoms with Crippen molar-refractivity contribution in [2.75, 3.05) is 20.8 Å². The normalized spacial score (nSPS) is 10.8. The predicted octanol–water partition coefficient (Wildman–Crippen LogP) is 3.84. The average Bonchev–Trinajstić information content (AvgIpc) is 3.49. The van der Waals surface area contributed by atoms with E-state index in [1.54, 1.807) is 37.7 Å². The van der Waals surface area contributed by atoms with Gasteiger partial charge in [-0.1, -0.05) is 36.4 Å². The van der Waals surface area contributed by atoms with Crippen molar-refractivity contribution in [3.63, 3.8) is 0 Å². The Balaban J connectivity index is 1.67. The molecular weight excluding hydrogens is 426 g/mol. The molecule has 1 N–H and O–H groups in total. The molecule has 164 valence electrons. The summed E-state index contributed by atoms with van der Waals surface area (Å²) in [6, 6.07) is 17.1. The zero-order chi connectivity index (χ0) is 22.5. The van der Waals surface area contributed by atoms with E-state index in [0.717, 1.165) is 27.7 Å². The van der Waals surface area contributed by atoms with Crippen LogP contribution in [0.2, 0.25) is 0 Å². The SMILES string of the molecule is COc1ccc(Cc2nnc(-c3cccs3)n2Cc2ccc(C(=O)CO)cc2)cc1OC. The van der Waals surface area contributed by atoms with Gasteiger partial charge in [-0.25, -0.2) is 0 Å². The lowest BCUT2D eigenvalue weighted by molar-refractivity contribution is 0.0903. The first-order chi connectivity index (χ1) is 15.6. The van der Waals surface area contributed by atoms with E-state index in [1.165, 1.54) is 0 Å². The Bertz CT molecular complexity index is 1200. The molecule has 0 atom stereocenters. The average molecular weight is 450 g/mol. The van der Waals surface area contributed by atoms with E-state index < -0.39 is 6.61 Å². The third kappa shape index (κ3) is 4.56. The first-order valence-electron chi connectivity index (χ1n) is 10.0. The first kappa shape index (κ1) is 21.7. The summed E-state index contributed by atoms with van der Waals surface area (Å²) in [5, 5.41) is 20.0. The minimum atomic E-state index is -0.497. The second-order valence-electron chi connectivity index (χ2n) is 7.15. The number of rotatable bonds is 9. The maximum atomic E-state index is 11.7. The molecule has 32 heavy (non-hydrogen) atoms. The van der Waals surface area contributed by atoms with Crippen LogP contribution in [0.1, 0.15) is 27.3 Å². The van der Waals surface area contributed by atoms with Crippen molar-refractivity contribution in [3.05, 3.63) is 82.5 Å². The summed E-state index contributed by atoms with van der Waals surface area (Å²) < 4.78 is 12.9. The molecule has 0 amide bonds. The second kappa shape index (κ2) is 9.76.